The van der Waals surface area contributed by atoms with Crippen molar-refractivity contribution in [1.29, 1.82) is 0 Å². The average Bonchev–Trinajstić information content (AvgIpc) is 3.13. The summed E-state index contributed by atoms with van der Waals surface area (Å²) in [7, 11) is -3.00. The number of rotatable bonds is 7. The van der Waals surface area contributed by atoms with Crippen LogP contribution in [-0.2, 0) is 21.1 Å². The fraction of sp³-hybridized carbons (Fsp3) is 0.474. The summed E-state index contributed by atoms with van der Waals surface area (Å²) in [6, 6.07) is 3.19. The molecule has 1 amide bonds. The van der Waals surface area contributed by atoms with Crippen LogP contribution in [-0.4, -0.2) is 73.8 Å². The quantitative estimate of drug-likeness (QED) is 0.669. The minimum atomic E-state index is -3.00. The molecule has 0 saturated carbocycles. The summed E-state index contributed by atoms with van der Waals surface area (Å²) in [5.41, 5.74) is 0.113. The van der Waals surface area contributed by atoms with Crippen LogP contribution in [0.15, 0.2) is 28.8 Å². The Labute approximate surface area is 168 Å². The van der Waals surface area contributed by atoms with E-state index in [1.165, 1.54) is 18.5 Å². The lowest BCUT2D eigenvalue weighted by molar-refractivity contribution is -0.132. The maximum Gasteiger partial charge on any atom is 0.223 e. The van der Waals surface area contributed by atoms with Crippen LogP contribution in [0.2, 0.25) is 0 Å². The highest BCUT2D eigenvalue weighted by atomic mass is 32.2. The highest BCUT2D eigenvalue weighted by molar-refractivity contribution is 7.90. The van der Waals surface area contributed by atoms with Gasteiger partial charge in [-0.15, -0.1) is 0 Å². The number of hydrogen-bond donors (Lipinski definition) is 0. The molecule has 158 valence electrons. The highest BCUT2D eigenvalue weighted by Gasteiger charge is 2.22. The van der Waals surface area contributed by atoms with Crippen LogP contribution in [0.3, 0.4) is 0 Å². The molecule has 7 nitrogen and oxygen atoms in total. The molecule has 1 aromatic heterocycles. The lowest BCUT2D eigenvalue weighted by Gasteiger charge is -2.34. The van der Waals surface area contributed by atoms with Gasteiger partial charge in [0.25, 0.3) is 0 Å². The van der Waals surface area contributed by atoms with Crippen LogP contribution in [0, 0.1) is 11.6 Å². The van der Waals surface area contributed by atoms with Crippen molar-refractivity contribution in [2.24, 2.45) is 0 Å². The molecule has 1 aliphatic rings. The van der Waals surface area contributed by atoms with E-state index >= 15 is 0 Å². The van der Waals surface area contributed by atoms with E-state index in [9.17, 15) is 22.0 Å². The van der Waals surface area contributed by atoms with Crippen molar-refractivity contribution >= 4 is 15.7 Å². The summed E-state index contributed by atoms with van der Waals surface area (Å²) < 4.78 is 54.8. The Morgan fingerprint density at radius 1 is 1.21 bits per heavy atom. The molecule has 1 saturated heterocycles. The molecule has 0 spiro atoms. The monoisotopic (exact) mass is 427 g/mol. The molecule has 0 aliphatic carbocycles. The first kappa shape index (κ1) is 21.4. The van der Waals surface area contributed by atoms with Crippen LogP contribution in [0.1, 0.15) is 12.3 Å². The number of piperazine rings is 1. The zero-order valence-corrected chi connectivity index (χ0v) is 16.9. The molecular weight excluding hydrogens is 404 g/mol. The van der Waals surface area contributed by atoms with Crippen LogP contribution >= 0.6 is 0 Å². The maximum atomic E-state index is 13.8. The van der Waals surface area contributed by atoms with Crippen molar-refractivity contribution in [3.8, 4) is 11.3 Å². The number of aryl methyl sites for hydroxylation is 1. The summed E-state index contributed by atoms with van der Waals surface area (Å²) in [6.07, 6.45) is 3.05. The Kier molecular flexibility index (Phi) is 6.63. The number of nitrogens with zero attached hydrogens (tertiary/aromatic N) is 3. The summed E-state index contributed by atoms with van der Waals surface area (Å²) in [5.74, 6) is -0.846. The number of carbonyl (C=O) groups is 1. The normalized spacial score (nSPS) is 15.6. The zero-order valence-electron chi connectivity index (χ0n) is 16.1. The molecule has 10 heteroatoms. The van der Waals surface area contributed by atoms with Crippen molar-refractivity contribution in [2.45, 2.75) is 12.8 Å². The minimum absolute atomic E-state index is 0.0412. The summed E-state index contributed by atoms with van der Waals surface area (Å²) in [5, 5.41) is 0. The second-order valence-corrected chi connectivity index (χ2v) is 9.35. The topological polar surface area (TPSA) is 83.7 Å². The van der Waals surface area contributed by atoms with Gasteiger partial charge in [-0.3, -0.25) is 9.69 Å². The number of aromatic nitrogens is 1. The number of amides is 1. The molecule has 0 radical (unpaired) electrons. The zero-order chi connectivity index (χ0) is 21.0. The third-order valence-electron chi connectivity index (χ3n) is 4.81. The molecular formula is C19H23F2N3O4S. The fourth-order valence-electron chi connectivity index (χ4n) is 3.13. The standard InChI is InChI=1S/C19H23F2N3O4S/c1-29(26,27)11-10-23-6-8-24(9-7-23)19(25)5-4-18-22-13-17(28-18)15-3-2-14(20)12-16(15)21/h2-3,12-13H,4-11H2,1H3. The summed E-state index contributed by atoms with van der Waals surface area (Å²) in [4.78, 5) is 20.2. The van der Waals surface area contributed by atoms with Gasteiger partial charge < -0.3 is 9.32 Å². The van der Waals surface area contributed by atoms with E-state index in [-0.39, 0.29) is 35.8 Å². The molecule has 0 bridgehead atoms. The van der Waals surface area contributed by atoms with Gasteiger partial charge in [-0.1, -0.05) is 0 Å². The number of hydrogen-bond acceptors (Lipinski definition) is 6. The Balaban J connectivity index is 1.47. The first-order valence-electron chi connectivity index (χ1n) is 9.29. The van der Waals surface area contributed by atoms with E-state index < -0.39 is 21.5 Å². The van der Waals surface area contributed by atoms with Crippen LogP contribution in [0.25, 0.3) is 11.3 Å². The van der Waals surface area contributed by atoms with Crippen molar-refractivity contribution in [3.05, 3.63) is 41.9 Å². The predicted molar refractivity (Wildman–Crippen MR) is 103 cm³/mol. The van der Waals surface area contributed by atoms with Crippen LogP contribution in [0.4, 0.5) is 8.78 Å². The number of oxazole rings is 1. The van der Waals surface area contributed by atoms with Crippen molar-refractivity contribution < 1.29 is 26.4 Å². The van der Waals surface area contributed by atoms with Gasteiger partial charge in [0.2, 0.25) is 5.91 Å². The third kappa shape index (κ3) is 6.07. The molecule has 0 unspecified atom stereocenters. The third-order valence-corrected chi connectivity index (χ3v) is 5.73. The Hall–Kier alpha value is -2.33. The van der Waals surface area contributed by atoms with Crippen molar-refractivity contribution in [3.63, 3.8) is 0 Å². The van der Waals surface area contributed by atoms with Crippen molar-refractivity contribution in [1.82, 2.24) is 14.8 Å². The lowest BCUT2D eigenvalue weighted by Crippen LogP contribution is -2.49. The summed E-state index contributed by atoms with van der Waals surface area (Å²) >= 11 is 0. The molecule has 0 atom stereocenters. The average molecular weight is 427 g/mol. The van der Waals surface area contributed by atoms with Gasteiger partial charge in [0.05, 0.1) is 17.5 Å². The molecule has 0 N–H and O–H groups in total. The Morgan fingerprint density at radius 2 is 1.93 bits per heavy atom. The van der Waals surface area contributed by atoms with Gasteiger partial charge in [0, 0.05) is 57.9 Å². The predicted octanol–water partition coefficient (Wildman–Crippen LogP) is 1.74. The number of carbonyl (C=O) groups excluding carboxylic acids is 1. The van der Waals surface area contributed by atoms with E-state index in [2.05, 4.69) is 4.98 Å². The van der Waals surface area contributed by atoms with E-state index in [1.54, 1.807) is 4.90 Å². The molecule has 2 heterocycles. The van der Waals surface area contributed by atoms with E-state index in [0.29, 0.717) is 38.6 Å². The number of halogens is 2. The second-order valence-electron chi connectivity index (χ2n) is 7.09. The van der Waals surface area contributed by atoms with Gasteiger partial charge >= 0.3 is 0 Å². The van der Waals surface area contributed by atoms with Crippen LogP contribution < -0.4 is 0 Å². The molecule has 1 fully saturated rings. The smallest absolute Gasteiger partial charge is 0.223 e. The molecule has 29 heavy (non-hydrogen) atoms. The minimum Gasteiger partial charge on any atom is -0.441 e. The number of sulfone groups is 1. The first-order chi connectivity index (χ1) is 13.7. The van der Waals surface area contributed by atoms with E-state index in [0.717, 1.165) is 12.1 Å². The molecule has 1 aliphatic heterocycles. The fourth-order valence-corrected chi connectivity index (χ4v) is 3.72. The van der Waals surface area contributed by atoms with Gasteiger partial charge in [0.1, 0.15) is 21.5 Å². The van der Waals surface area contributed by atoms with Crippen LogP contribution in [0.5, 0.6) is 0 Å². The maximum absolute atomic E-state index is 13.8. The van der Waals surface area contributed by atoms with E-state index in [4.69, 9.17) is 4.42 Å². The molecule has 1 aromatic carbocycles. The van der Waals surface area contributed by atoms with Gasteiger partial charge in [-0.05, 0) is 12.1 Å². The highest BCUT2D eigenvalue weighted by Crippen LogP contribution is 2.24. The number of benzene rings is 1. The van der Waals surface area contributed by atoms with Gasteiger partial charge in [0.15, 0.2) is 11.7 Å². The van der Waals surface area contributed by atoms with Gasteiger partial charge in [-0.2, -0.15) is 0 Å². The largest absolute Gasteiger partial charge is 0.441 e. The summed E-state index contributed by atoms with van der Waals surface area (Å²) in [6.45, 7) is 2.82. The lowest BCUT2D eigenvalue weighted by atomic mass is 10.2. The van der Waals surface area contributed by atoms with Gasteiger partial charge in [-0.25, -0.2) is 22.2 Å². The second kappa shape index (κ2) is 9.00. The molecule has 2 aromatic rings. The Morgan fingerprint density at radius 3 is 2.59 bits per heavy atom. The van der Waals surface area contributed by atoms with Crippen molar-refractivity contribution in [2.75, 3.05) is 44.7 Å². The molecule has 3 rings (SSSR count). The SMILES string of the molecule is CS(=O)(=O)CCN1CCN(C(=O)CCc2ncc(-c3ccc(F)cc3F)o2)CC1. The van der Waals surface area contributed by atoms with E-state index in [1.807, 2.05) is 4.90 Å². The Bertz CT molecular complexity index is 970. The first-order valence-corrected chi connectivity index (χ1v) is 11.4.